The first-order valence-corrected chi connectivity index (χ1v) is 10.1. The Bertz CT molecular complexity index is 926. The molecule has 0 unspecified atom stereocenters. The zero-order valence-corrected chi connectivity index (χ0v) is 17.1. The highest BCUT2D eigenvalue weighted by molar-refractivity contribution is 5.63. The minimum atomic E-state index is 0.571. The number of benzene rings is 2. The highest BCUT2D eigenvalue weighted by atomic mass is 16.5. The molecule has 1 aliphatic rings. The standard InChI is InChI=1S/C24H29N3O/c1-18-9-10-19(2)23(15-18)27-17-21(16-26(3)22-11-13-28-14-12-22)24(25-27)20-7-5-4-6-8-20/h4-10,15,17,22H,11-14,16H2,1-3H3. The van der Waals surface area contributed by atoms with Gasteiger partial charge in [-0.2, -0.15) is 5.10 Å². The number of hydrogen-bond acceptors (Lipinski definition) is 3. The van der Waals surface area contributed by atoms with E-state index in [9.17, 15) is 0 Å². The van der Waals surface area contributed by atoms with Crippen molar-refractivity contribution in [3.05, 3.63) is 71.4 Å². The fourth-order valence-electron chi connectivity index (χ4n) is 3.98. The third kappa shape index (κ3) is 4.03. The molecule has 2 aromatic carbocycles. The fourth-order valence-corrected chi connectivity index (χ4v) is 3.98. The number of hydrogen-bond donors (Lipinski definition) is 0. The van der Waals surface area contributed by atoms with Gasteiger partial charge in [-0.05, 0) is 50.9 Å². The number of nitrogens with zero attached hydrogens (tertiary/aromatic N) is 3. The molecule has 0 saturated carbocycles. The predicted molar refractivity (Wildman–Crippen MR) is 114 cm³/mol. The molecule has 1 aliphatic heterocycles. The van der Waals surface area contributed by atoms with Crippen molar-refractivity contribution in [3.8, 4) is 16.9 Å². The third-order valence-electron chi connectivity index (χ3n) is 5.68. The molecule has 0 amide bonds. The molecule has 2 heterocycles. The summed E-state index contributed by atoms with van der Waals surface area (Å²) in [6.07, 6.45) is 4.41. The molecule has 4 heteroatoms. The smallest absolute Gasteiger partial charge is 0.0972 e. The Hall–Kier alpha value is -2.43. The van der Waals surface area contributed by atoms with E-state index in [0.29, 0.717) is 6.04 Å². The van der Waals surface area contributed by atoms with Crippen LogP contribution in [0.5, 0.6) is 0 Å². The Labute approximate surface area is 167 Å². The molecule has 0 aliphatic carbocycles. The van der Waals surface area contributed by atoms with Crippen LogP contribution in [0.1, 0.15) is 29.5 Å². The predicted octanol–water partition coefficient (Wildman–Crippen LogP) is 4.77. The van der Waals surface area contributed by atoms with Crippen molar-refractivity contribution in [1.82, 2.24) is 14.7 Å². The van der Waals surface area contributed by atoms with Crippen LogP contribution in [0.2, 0.25) is 0 Å². The lowest BCUT2D eigenvalue weighted by Gasteiger charge is -2.31. The zero-order valence-electron chi connectivity index (χ0n) is 17.1. The first-order chi connectivity index (χ1) is 13.6. The van der Waals surface area contributed by atoms with Gasteiger partial charge in [0, 0.05) is 43.1 Å². The van der Waals surface area contributed by atoms with E-state index in [1.807, 2.05) is 0 Å². The first-order valence-electron chi connectivity index (χ1n) is 10.1. The highest BCUT2D eigenvalue weighted by Crippen LogP contribution is 2.27. The number of aromatic nitrogens is 2. The van der Waals surface area contributed by atoms with Crippen molar-refractivity contribution in [1.29, 1.82) is 0 Å². The molecular formula is C24H29N3O. The second-order valence-electron chi connectivity index (χ2n) is 7.86. The van der Waals surface area contributed by atoms with Crippen LogP contribution in [0, 0.1) is 13.8 Å². The molecule has 3 aromatic rings. The summed E-state index contributed by atoms with van der Waals surface area (Å²) in [5, 5.41) is 5.02. The van der Waals surface area contributed by atoms with Crippen LogP contribution in [-0.2, 0) is 11.3 Å². The van der Waals surface area contributed by atoms with Gasteiger partial charge in [-0.1, -0.05) is 42.5 Å². The molecule has 0 N–H and O–H groups in total. The van der Waals surface area contributed by atoms with Crippen molar-refractivity contribution >= 4 is 0 Å². The molecule has 1 saturated heterocycles. The second-order valence-corrected chi connectivity index (χ2v) is 7.86. The lowest BCUT2D eigenvalue weighted by Crippen LogP contribution is -2.36. The molecule has 1 aromatic heterocycles. The largest absolute Gasteiger partial charge is 0.381 e. The van der Waals surface area contributed by atoms with Gasteiger partial charge in [0.15, 0.2) is 0 Å². The first kappa shape index (κ1) is 18.9. The van der Waals surface area contributed by atoms with Crippen molar-refractivity contribution in [3.63, 3.8) is 0 Å². The molecule has 0 spiro atoms. The maximum absolute atomic E-state index is 5.54. The van der Waals surface area contributed by atoms with Gasteiger partial charge in [-0.25, -0.2) is 4.68 Å². The summed E-state index contributed by atoms with van der Waals surface area (Å²) in [5.41, 5.74) is 7.14. The Morgan fingerprint density at radius 2 is 1.82 bits per heavy atom. The second kappa shape index (κ2) is 8.29. The highest BCUT2D eigenvalue weighted by Gasteiger charge is 2.21. The van der Waals surface area contributed by atoms with Gasteiger partial charge in [0.25, 0.3) is 0 Å². The number of aryl methyl sites for hydroxylation is 2. The number of rotatable bonds is 5. The molecule has 0 atom stereocenters. The maximum atomic E-state index is 5.54. The van der Waals surface area contributed by atoms with Crippen LogP contribution in [0.15, 0.2) is 54.7 Å². The van der Waals surface area contributed by atoms with Crippen molar-refractivity contribution < 1.29 is 4.74 Å². The van der Waals surface area contributed by atoms with Crippen molar-refractivity contribution in [2.75, 3.05) is 20.3 Å². The molecule has 4 rings (SSSR count). The lowest BCUT2D eigenvalue weighted by molar-refractivity contribution is 0.0407. The Kier molecular flexibility index (Phi) is 5.60. The summed E-state index contributed by atoms with van der Waals surface area (Å²) in [4.78, 5) is 2.46. The lowest BCUT2D eigenvalue weighted by atomic mass is 10.0. The van der Waals surface area contributed by atoms with Crippen LogP contribution >= 0.6 is 0 Å². The fraction of sp³-hybridized carbons (Fsp3) is 0.375. The summed E-state index contributed by atoms with van der Waals surface area (Å²) >= 11 is 0. The van der Waals surface area contributed by atoms with Crippen molar-refractivity contribution in [2.45, 2.75) is 39.3 Å². The monoisotopic (exact) mass is 375 g/mol. The Morgan fingerprint density at radius 1 is 1.07 bits per heavy atom. The Morgan fingerprint density at radius 3 is 2.57 bits per heavy atom. The molecular weight excluding hydrogens is 346 g/mol. The minimum absolute atomic E-state index is 0.571. The van der Waals surface area contributed by atoms with Gasteiger partial charge >= 0.3 is 0 Å². The molecule has 1 fully saturated rings. The molecule has 0 radical (unpaired) electrons. The minimum Gasteiger partial charge on any atom is -0.381 e. The van der Waals surface area contributed by atoms with Crippen LogP contribution in [0.25, 0.3) is 16.9 Å². The van der Waals surface area contributed by atoms with Crippen LogP contribution in [-0.4, -0.2) is 41.0 Å². The van der Waals surface area contributed by atoms with Gasteiger partial charge < -0.3 is 4.74 Å². The molecule has 146 valence electrons. The summed E-state index contributed by atoms with van der Waals surface area (Å²) in [6, 6.07) is 17.6. The van der Waals surface area contributed by atoms with E-state index in [-0.39, 0.29) is 0 Å². The summed E-state index contributed by atoms with van der Waals surface area (Å²) in [7, 11) is 2.22. The van der Waals surface area contributed by atoms with Crippen LogP contribution < -0.4 is 0 Å². The Balaban J connectivity index is 1.71. The van der Waals surface area contributed by atoms with Crippen LogP contribution in [0.3, 0.4) is 0 Å². The SMILES string of the molecule is Cc1ccc(C)c(-n2cc(CN(C)C3CCOCC3)c(-c3ccccc3)n2)c1. The van der Waals surface area contributed by atoms with E-state index in [1.54, 1.807) is 0 Å². The molecule has 4 nitrogen and oxygen atoms in total. The van der Waals surface area contributed by atoms with Gasteiger partial charge in [0.2, 0.25) is 0 Å². The summed E-state index contributed by atoms with van der Waals surface area (Å²) in [5.74, 6) is 0. The maximum Gasteiger partial charge on any atom is 0.0972 e. The van der Waals surface area contributed by atoms with Crippen LogP contribution in [0.4, 0.5) is 0 Å². The number of ether oxygens (including phenoxy) is 1. The average Bonchev–Trinajstić information content (AvgIpc) is 3.14. The summed E-state index contributed by atoms with van der Waals surface area (Å²) < 4.78 is 7.59. The van der Waals surface area contributed by atoms with Gasteiger partial charge in [0.1, 0.15) is 0 Å². The van der Waals surface area contributed by atoms with E-state index in [0.717, 1.165) is 44.0 Å². The molecule has 28 heavy (non-hydrogen) atoms. The quantitative estimate of drug-likeness (QED) is 0.644. The molecule has 0 bridgehead atoms. The van der Waals surface area contributed by atoms with E-state index < -0.39 is 0 Å². The van der Waals surface area contributed by atoms with E-state index in [4.69, 9.17) is 9.84 Å². The van der Waals surface area contributed by atoms with Gasteiger partial charge in [0.05, 0.1) is 11.4 Å². The zero-order chi connectivity index (χ0) is 19.5. The normalized spacial score (nSPS) is 15.3. The van der Waals surface area contributed by atoms with Crippen molar-refractivity contribution in [2.24, 2.45) is 0 Å². The average molecular weight is 376 g/mol. The summed E-state index contributed by atoms with van der Waals surface area (Å²) in [6.45, 7) is 6.89. The van der Waals surface area contributed by atoms with E-state index in [1.165, 1.54) is 22.3 Å². The van der Waals surface area contributed by atoms with E-state index >= 15 is 0 Å². The van der Waals surface area contributed by atoms with Gasteiger partial charge in [-0.15, -0.1) is 0 Å². The van der Waals surface area contributed by atoms with Gasteiger partial charge in [-0.3, -0.25) is 4.90 Å². The topological polar surface area (TPSA) is 30.3 Å². The van der Waals surface area contributed by atoms with E-state index in [2.05, 4.69) is 85.2 Å². The third-order valence-corrected chi connectivity index (χ3v) is 5.68.